The monoisotopic (exact) mass is 212 g/mol. The van der Waals surface area contributed by atoms with Gasteiger partial charge in [0, 0.05) is 18.3 Å². The van der Waals surface area contributed by atoms with Crippen molar-refractivity contribution in [1.29, 1.82) is 0 Å². The minimum atomic E-state index is 0.625. The summed E-state index contributed by atoms with van der Waals surface area (Å²) in [7, 11) is 0. The number of anilines is 1. The molecule has 1 rings (SSSR count). The molecule has 0 saturated heterocycles. The molecule has 0 saturated carbocycles. The highest BCUT2D eigenvalue weighted by Crippen LogP contribution is 2.16. The fourth-order valence-corrected chi connectivity index (χ4v) is 1.49. The molecule has 0 atom stereocenters. The van der Waals surface area contributed by atoms with E-state index in [2.05, 4.69) is 15.3 Å². The van der Waals surface area contributed by atoms with E-state index in [1.54, 1.807) is 11.8 Å². The minimum absolute atomic E-state index is 0.625. The zero-order valence-corrected chi connectivity index (χ0v) is 9.40. The van der Waals surface area contributed by atoms with Crippen LogP contribution in [0.15, 0.2) is 11.4 Å². The average Bonchev–Trinajstić information content (AvgIpc) is 2.21. The summed E-state index contributed by atoms with van der Waals surface area (Å²) < 4.78 is 0. The van der Waals surface area contributed by atoms with Crippen molar-refractivity contribution in [3.8, 4) is 0 Å². The molecule has 1 aromatic rings. The summed E-state index contributed by atoms with van der Waals surface area (Å²) in [6.07, 6.45) is 4.63. The highest BCUT2D eigenvalue weighted by molar-refractivity contribution is 7.98. The van der Waals surface area contributed by atoms with Crippen molar-refractivity contribution in [2.24, 2.45) is 5.73 Å². The van der Waals surface area contributed by atoms with Crippen molar-refractivity contribution in [3.05, 3.63) is 11.8 Å². The normalized spacial score (nSPS) is 10.2. The van der Waals surface area contributed by atoms with Gasteiger partial charge in [0.1, 0.15) is 5.82 Å². The number of aromatic nitrogens is 2. The molecule has 0 fully saturated rings. The van der Waals surface area contributed by atoms with E-state index < -0.39 is 0 Å². The molecule has 0 amide bonds. The van der Waals surface area contributed by atoms with Gasteiger partial charge in [-0.3, -0.25) is 0 Å². The molecule has 1 aromatic heterocycles. The van der Waals surface area contributed by atoms with Gasteiger partial charge >= 0.3 is 0 Å². The van der Waals surface area contributed by atoms with Crippen LogP contribution in [0.2, 0.25) is 0 Å². The Bertz CT molecular complexity index is 290. The van der Waals surface area contributed by atoms with Crippen molar-refractivity contribution >= 4 is 17.6 Å². The third kappa shape index (κ3) is 2.85. The standard InChI is InChI=1S/C9H16N4S/c1-3-11-8-7(4-5-10)6-12-9(13-8)14-2/h6H,3-5,10H2,1-2H3,(H,11,12,13). The van der Waals surface area contributed by atoms with Gasteiger partial charge < -0.3 is 11.1 Å². The Morgan fingerprint density at radius 1 is 1.57 bits per heavy atom. The van der Waals surface area contributed by atoms with Gasteiger partial charge in [0.05, 0.1) is 0 Å². The molecule has 0 bridgehead atoms. The smallest absolute Gasteiger partial charge is 0.189 e. The molecule has 5 heteroatoms. The van der Waals surface area contributed by atoms with Crippen LogP contribution in [0.5, 0.6) is 0 Å². The molecule has 3 N–H and O–H groups in total. The molecule has 0 unspecified atom stereocenters. The Morgan fingerprint density at radius 3 is 2.93 bits per heavy atom. The van der Waals surface area contributed by atoms with E-state index in [1.165, 1.54) is 0 Å². The van der Waals surface area contributed by atoms with Gasteiger partial charge in [0.15, 0.2) is 5.16 Å². The van der Waals surface area contributed by atoms with Crippen LogP contribution in [-0.2, 0) is 6.42 Å². The SMILES string of the molecule is CCNc1nc(SC)ncc1CCN. The number of nitrogens with one attached hydrogen (secondary N) is 1. The second-order valence-electron chi connectivity index (χ2n) is 2.80. The van der Waals surface area contributed by atoms with E-state index in [0.29, 0.717) is 6.54 Å². The maximum Gasteiger partial charge on any atom is 0.189 e. The van der Waals surface area contributed by atoms with E-state index >= 15 is 0 Å². The quantitative estimate of drug-likeness (QED) is 0.566. The van der Waals surface area contributed by atoms with Crippen molar-refractivity contribution in [2.75, 3.05) is 24.7 Å². The average molecular weight is 212 g/mol. The van der Waals surface area contributed by atoms with Gasteiger partial charge in [0.2, 0.25) is 0 Å². The molecule has 0 aliphatic heterocycles. The van der Waals surface area contributed by atoms with Crippen molar-refractivity contribution in [3.63, 3.8) is 0 Å². The van der Waals surface area contributed by atoms with Crippen LogP contribution in [0, 0.1) is 0 Å². The lowest BCUT2D eigenvalue weighted by Crippen LogP contribution is -2.09. The van der Waals surface area contributed by atoms with Crippen LogP contribution in [-0.4, -0.2) is 29.3 Å². The number of rotatable bonds is 5. The molecule has 1 heterocycles. The Morgan fingerprint density at radius 2 is 2.36 bits per heavy atom. The molecule has 0 aliphatic rings. The fourth-order valence-electron chi connectivity index (χ4n) is 1.15. The maximum absolute atomic E-state index is 5.51. The Labute approximate surface area is 88.7 Å². The Hall–Kier alpha value is -0.810. The zero-order chi connectivity index (χ0) is 10.4. The lowest BCUT2D eigenvalue weighted by Gasteiger charge is -2.09. The van der Waals surface area contributed by atoms with Gasteiger partial charge in [-0.15, -0.1) is 0 Å². The molecule has 0 radical (unpaired) electrons. The predicted octanol–water partition coefficient (Wildman–Crippen LogP) is 1.13. The predicted molar refractivity (Wildman–Crippen MR) is 60.7 cm³/mol. The summed E-state index contributed by atoms with van der Waals surface area (Å²) in [5.74, 6) is 0.914. The second-order valence-corrected chi connectivity index (χ2v) is 3.57. The highest BCUT2D eigenvalue weighted by Gasteiger charge is 2.04. The van der Waals surface area contributed by atoms with Crippen molar-refractivity contribution in [1.82, 2.24) is 9.97 Å². The van der Waals surface area contributed by atoms with Crippen molar-refractivity contribution < 1.29 is 0 Å². The number of nitrogens with two attached hydrogens (primary N) is 1. The summed E-state index contributed by atoms with van der Waals surface area (Å²) in [5.41, 5.74) is 6.60. The van der Waals surface area contributed by atoms with E-state index in [-0.39, 0.29) is 0 Å². The summed E-state index contributed by atoms with van der Waals surface area (Å²) in [5, 5.41) is 4.01. The minimum Gasteiger partial charge on any atom is -0.370 e. The lowest BCUT2D eigenvalue weighted by atomic mass is 10.2. The molecular formula is C9H16N4S. The third-order valence-corrected chi connectivity index (χ3v) is 2.34. The first-order chi connectivity index (χ1) is 6.81. The van der Waals surface area contributed by atoms with Crippen LogP contribution < -0.4 is 11.1 Å². The first kappa shape index (κ1) is 11.3. The van der Waals surface area contributed by atoms with Gasteiger partial charge in [-0.05, 0) is 26.1 Å². The Balaban J connectivity index is 2.91. The zero-order valence-electron chi connectivity index (χ0n) is 8.58. The van der Waals surface area contributed by atoms with Gasteiger partial charge in [-0.1, -0.05) is 11.8 Å². The number of nitrogens with zero attached hydrogens (tertiary/aromatic N) is 2. The molecule has 0 aromatic carbocycles. The number of thioether (sulfide) groups is 1. The summed E-state index contributed by atoms with van der Waals surface area (Å²) in [4.78, 5) is 8.60. The second kappa shape index (κ2) is 5.82. The molecule has 0 aliphatic carbocycles. The molecular weight excluding hydrogens is 196 g/mol. The summed E-state index contributed by atoms with van der Waals surface area (Å²) in [6.45, 7) is 3.54. The van der Waals surface area contributed by atoms with Gasteiger partial charge in [-0.25, -0.2) is 9.97 Å². The summed E-state index contributed by atoms with van der Waals surface area (Å²) >= 11 is 1.54. The van der Waals surface area contributed by atoms with E-state index in [4.69, 9.17) is 5.73 Å². The summed E-state index contributed by atoms with van der Waals surface area (Å²) in [6, 6.07) is 0. The molecule has 0 spiro atoms. The van der Waals surface area contributed by atoms with Crippen LogP contribution in [0.4, 0.5) is 5.82 Å². The first-order valence-electron chi connectivity index (χ1n) is 4.65. The van der Waals surface area contributed by atoms with Crippen molar-refractivity contribution in [2.45, 2.75) is 18.5 Å². The van der Waals surface area contributed by atoms with E-state index in [9.17, 15) is 0 Å². The fraction of sp³-hybridized carbons (Fsp3) is 0.556. The van der Waals surface area contributed by atoms with Gasteiger partial charge in [-0.2, -0.15) is 0 Å². The largest absolute Gasteiger partial charge is 0.370 e. The maximum atomic E-state index is 5.51. The highest BCUT2D eigenvalue weighted by atomic mass is 32.2. The van der Waals surface area contributed by atoms with Crippen LogP contribution in [0.1, 0.15) is 12.5 Å². The lowest BCUT2D eigenvalue weighted by molar-refractivity contribution is 0.889. The number of hydrogen-bond donors (Lipinski definition) is 2. The molecule has 4 nitrogen and oxygen atoms in total. The van der Waals surface area contributed by atoms with Crippen LogP contribution in [0.3, 0.4) is 0 Å². The van der Waals surface area contributed by atoms with E-state index in [1.807, 2.05) is 19.4 Å². The van der Waals surface area contributed by atoms with Gasteiger partial charge in [0.25, 0.3) is 0 Å². The number of hydrogen-bond acceptors (Lipinski definition) is 5. The van der Waals surface area contributed by atoms with Crippen LogP contribution in [0.25, 0.3) is 0 Å². The topological polar surface area (TPSA) is 63.8 Å². The Kier molecular flexibility index (Phi) is 4.69. The molecule has 78 valence electrons. The molecule has 14 heavy (non-hydrogen) atoms. The van der Waals surface area contributed by atoms with Crippen LogP contribution >= 0.6 is 11.8 Å². The third-order valence-electron chi connectivity index (χ3n) is 1.78. The first-order valence-corrected chi connectivity index (χ1v) is 5.88. The van der Waals surface area contributed by atoms with E-state index in [0.717, 1.165) is 29.5 Å².